The molecule has 0 saturated heterocycles. The standard InChI is InChI=1S/C14H9F2NO3/c15-8-1-3-10(11(16)5-8)14(18)17-9-2-4-12-13(6-9)20-7-19-12/h1-6H,7H2,(H,17,18). The average Bonchev–Trinajstić information content (AvgIpc) is 2.85. The molecule has 2 aromatic rings. The highest BCUT2D eigenvalue weighted by Crippen LogP contribution is 2.34. The number of amides is 1. The number of carbonyl (C=O) groups excluding carboxylic acids is 1. The zero-order valence-corrected chi connectivity index (χ0v) is 10.2. The molecule has 0 radical (unpaired) electrons. The third-order valence-corrected chi connectivity index (χ3v) is 2.81. The number of nitrogens with one attached hydrogen (secondary N) is 1. The van der Waals surface area contributed by atoms with Gasteiger partial charge in [0.2, 0.25) is 6.79 Å². The van der Waals surface area contributed by atoms with Gasteiger partial charge >= 0.3 is 0 Å². The van der Waals surface area contributed by atoms with Gasteiger partial charge in [0.1, 0.15) is 11.6 Å². The molecule has 0 unspecified atom stereocenters. The first kappa shape index (κ1) is 12.4. The third-order valence-electron chi connectivity index (χ3n) is 2.81. The van der Waals surface area contributed by atoms with Crippen molar-refractivity contribution in [3.05, 3.63) is 53.6 Å². The lowest BCUT2D eigenvalue weighted by atomic mass is 10.2. The summed E-state index contributed by atoms with van der Waals surface area (Å²) >= 11 is 0. The molecule has 0 aliphatic carbocycles. The van der Waals surface area contributed by atoms with Crippen molar-refractivity contribution in [3.8, 4) is 11.5 Å². The quantitative estimate of drug-likeness (QED) is 0.918. The Morgan fingerprint density at radius 3 is 2.65 bits per heavy atom. The number of fused-ring (bicyclic) bond motifs is 1. The first-order chi connectivity index (χ1) is 9.63. The molecule has 20 heavy (non-hydrogen) atoms. The molecule has 1 amide bonds. The smallest absolute Gasteiger partial charge is 0.258 e. The number of anilines is 1. The van der Waals surface area contributed by atoms with Crippen LogP contribution in [0.2, 0.25) is 0 Å². The van der Waals surface area contributed by atoms with Crippen LogP contribution in [0.15, 0.2) is 36.4 Å². The molecule has 3 rings (SSSR count). The molecule has 4 nitrogen and oxygen atoms in total. The number of rotatable bonds is 2. The van der Waals surface area contributed by atoms with E-state index in [1.807, 2.05) is 0 Å². The largest absolute Gasteiger partial charge is 0.454 e. The van der Waals surface area contributed by atoms with Crippen LogP contribution < -0.4 is 14.8 Å². The summed E-state index contributed by atoms with van der Waals surface area (Å²) in [6.45, 7) is 0.124. The molecule has 102 valence electrons. The SMILES string of the molecule is O=C(Nc1ccc2c(c1)OCO2)c1ccc(F)cc1F. The van der Waals surface area contributed by atoms with Gasteiger partial charge in [-0.15, -0.1) is 0 Å². The molecule has 0 aromatic heterocycles. The van der Waals surface area contributed by atoms with Crippen molar-refractivity contribution in [1.29, 1.82) is 0 Å². The maximum absolute atomic E-state index is 13.5. The Kier molecular flexibility index (Phi) is 2.98. The number of carbonyl (C=O) groups is 1. The number of benzene rings is 2. The summed E-state index contributed by atoms with van der Waals surface area (Å²) < 4.78 is 36.6. The van der Waals surface area contributed by atoms with E-state index in [-0.39, 0.29) is 12.4 Å². The average molecular weight is 277 g/mol. The molecule has 0 bridgehead atoms. The molecular formula is C14H9F2NO3. The van der Waals surface area contributed by atoms with Gasteiger partial charge < -0.3 is 14.8 Å². The molecule has 2 aromatic carbocycles. The van der Waals surface area contributed by atoms with Crippen LogP contribution in [-0.4, -0.2) is 12.7 Å². The van der Waals surface area contributed by atoms with Gasteiger partial charge in [-0.25, -0.2) is 8.78 Å². The molecule has 1 aliphatic heterocycles. The Labute approximate surface area is 112 Å². The van der Waals surface area contributed by atoms with Crippen LogP contribution in [0.3, 0.4) is 0 Å². The number of hydrogen-bond acceptors (Lipinski definition) is 3. The lowest BCUT2D eigenvalue weighted by molar-refractivity contribution is 0.102. The molecule has 1 aliphatic rings. The van der Waals surface area contributed by atoms with Crippen LogP contribution in [0, 0.1) is 11.6 Å². The van der Waals surface area contributed by atoms with Crippen LogP contribution in [0.4, 0.5) is 14.5 Å². The van der Waals surface area contributed by atoms with E-state index in [2.05, 4.69) is 5.32 Å². The van der Waals surface area contributed by atoms with Crippen molar-refractivity contribution in [2.24, 2.45) is 0 Å². The minimum atomic E-state index is -0.914. The highest BCUT2D eigenvalue weighted by molar-refractivity contribution is 6.04. The second kappa shape index (κ2) is 4.80. The molecule has 0 spiro atoms. The number of halogens is 2. The minimum absolute atomic E-state index is 0.124. The zero-order valence-electron chi connectivity index (χ0n) is 10.2. The van der Waals surface area contributed by atoms with E-state index in [9.17, 15) is 13.6 Å². The Morgan fingerprint density at radius 1 is 1.05 bits per heavy atom. The molecule has 1 N–H and O–H groups in total. The summed E-state index contributed by atoms with van der Waals surface area (Å²) in [7, 11) is 0. The first-order valence-corrected chi connectivity index (χ1v) is 5.79. The molecule has 0 fully saturated rings. The summed E-state index contributed by atoms with van der Waals surface area (Å²) in [5, 5.41) is 2.51. The summed E-state index contributed by atoms with van der Waals surface area (Å²) in [5.74, 6) is -1.23. The van der Waals surface area contributed by atoms with Gasteiger partial charge in [0.05, 0.1) is 5.56 Å². The number of hydrogen-bond donors (Lipinski definition) is 1. The minimum Gasteiger partial charge on any atom is -0.454 e. The van der Waals surface area contributed by atoms with E-state index < -0.39 is 17.5 Å². The topological polar surface area (TPSA) is 47.6 Å². The van der Waals surface area contributed by atoms with Crippen molar-refractivity contribution in [2.45, 2.75) is 0 Å². The second-order valence-electron chi connectivity index (χ2n) is 4.15. The van der Waals surface area contributed by atoms with Gasteiger partial charge in [-0.3, -0.25) is 4.79 Å². The molecule has 0 saturated carbocycles. The fourth-order valence-electron chi connectivity index (χ4n) is 1.85. The van der Waals surface area contributed by atoms with Crippen molar-refractivity contribution in [3.63, 3.8) is 0 Å². The highest BCUT2D eigenvalue weighted by atomic mass is 19.1. The second-order valence-corrected chi connectivity index (χ2v) is 4.15. The van der Waals surface area contributed by atoms with Crippen LogP contribution in [0.25, 0.3) is 0 Å². The van der Waals surface area contributed by atoms with Crippen LogP contribution in [-0.2, 0) is 0 Å². The summed E-state index contributed by atoms with van der Waals surface area (Å²) in [4.78, 5) is 11.9. The van der Waals surface area contributed by atoms with Crippen molar-refractivity contribution >= 4 is 11.6 Å². The van der Waals surface area contributed by atoms with Gasteiger partial charge in [0, 0.05) is 17.8 Å². The van der Waals surface area contributed by atoms with Gasteiger partial charge in [0.15, 0.2) is 11.5 Å². The van der Waals surface area contributed by atoms with Crippen molar-refractivity contribution in [1.82, 2.24) is 0 Å². The fraction of sp³-hybridized carbons (Fsp3) is 0.0714. The van der Waals surface area contributed by atoms with E-state index in [4.69, 9.17) is 9.47 Å². The Hall–Kier alpha value is -2.63. The molecular weight excluding hydrogens is 268 g/mol. The van der Waals surface area contributed by atoms with Crippen LogP contribution in [0.1, 0.15) is 10.4 Å². The third kappa shape index (κ3) is 2.27. The normalized spacial score (nSPS) is 12.3. The van der Waals surface area contributed by atoms with Gasteiger partial charge in [-0.1, -0.05) is 0 Å². The Bertz CT molecular complexity index is 688. The van der Waals surface area contributed by atoms with Gasteiger partial charge in [-0.05, 0) is 24.3 Å². The zero-order chi connectivity index (χ0) is 14.1. The van der Waals surface area contributed by atoms with E-state index in [1.54, 1.807) is 18.2 Å². The lowest BCUT2D eigenvalue weighted by Gasteiger charge is -2.07. The number of ether oxygens (including phenoxy) is 2. The van der Waals surface area contributed by atoms with E-state index in [1.165, 1.54) is 0 Å². The predicted octanol–water partition coefficient (Wildman–Crippen LogP) is 2.95. The monoisotopic (exact) mass is 277 g/mol. The first-order valence-electron chi connectivity index (χ1n) is 5.79. The van der Waals surface area contributed by atoms with E-state index >= 15 is 0 Å². The maximum atomic E-state index is 13.5. The molecule has 1 heterocycles. The maximum Gasteiger partial charge on any atom is 0.258 e. The summed E-state index contributed by atoms with van der Waals surface area (Å²) in [6, 6.07) is 7.59. The fourth-order valence-corrected chi connectivity index (χ4v) is 1.85. The van der Waals surface area contributed by atoms with E-state index in [0.29, 0.717) is 23.3 Å². The van der Waals surface area contributed by atoms with Crippen LogP contribution in [0.5, 0.6) is 11.5 Å². The van der Waals surface area contributed by atoms with Gasteiger partial charge in [-0.2, -0.15) is 0 Å². The Balaban J connectivity index is 1.82. The van der Waals surface area contributed by atoms with Crippen LogP contribution >= 0.6 is 0 Å². The van der Waals surface area contributed by atoms with Crippen molar-refractivity contribution < 1.29 is 23.0 Å². The van der Waals surface area contributed by atoms with Crippen molar-refractivity contribution in [2.75, 3.05) is 12.1 Å². The summed E-state index contributed by atoms with van der Waals surface area (Å²) in [5.41, 5.74) is 0.201. The molecule has 0 atom stereocenters. The lowest BCUT2D eigenvalue weighted by Crippen LogP contribution is -2.13. The molecule has 6 heteroatoms. The van der Waals surface area contributed by atoms with E-state index in [0.717, 1.165) is 12.1 Å². The summed E-state index contributed by atoms with van der Waals surface area (Å²) in [6.07, 6.45) is 0. The Morgan fingerprint density at radius 2 is 1.85 bits per heavy atom. The highest BCUT2D eigenvalue weighted by Gasteiger charge is 2.16. The predicted molar refractivity (Wildman–Crippen MR) is 66.9 cm³/mol. The van der Waals surface area contributed by atoms with Gasteiger partial charge in [0.25, 0.3) is 5.91 Å².